The van der Waals surface area contributed by atoms with Gasteiger partial charge < -0.3 is 4.74 Å². The lowest BCUT2D eigenvalue weighted by Crippen LogP contribution is -2.14. The highest BCUT2D eigenvalue weighted by Crippen LogP contribution is 2.44. The molecule has 0 aromatic carbocycles. The zero-order chi connectivity index (χ0) is 14.1. The first-order chi connectivity index (χ1) is 8.20. The number of rotatable bonds is 3. The fourth-order valence-electron chi connectivity index (χ4n) is 1.27. The average molecular weight is 272 g/mol. The Morgan fingerprint density at radius 1 is 1.44 bits per heavy atom. The molecule has 1 aromatic rings. The number of nitro groups is 1. The first-order valence-corrected chi connectivity index (χ1v) is 4.26. The van der Waals surface area contributed by atoms with Crippen molar-refractivity contribution in [3.05, 3.63) is 27.6 Å². The maximum absolute atomic E-state index is 12.6. The average Bonchev–Trinajstić information content (AvgIpc) is 2.25. The molecule has 0 atom stereocenters. The summed E-state index contributed by atoms with van der Waals surface area (Å²) in [5, 5.41) is 10.5. The van der Waals surface area contributed by atoms with Gasteiger partial charge in [-0.2, -0.15) is 13.2 Å². The van der Waals surface area contributed by atoms with Gasteiger partial charge in [-0.25, -0.2) is 13.8 Å². The van der Waals surface area contributed by atoms with Crippen molar-refractivity contribution in [2.75, 3.05) is 7.11 Å². The molecule has 0 spiro atoms. The second-order valence-corrected chi connectivity index (χ2v) is 2.99. The summed E-state index contributed by atoms with van der Waals surface area (Å²) in [6, 6.07) is 0. The first-order valence-electron chi connectivity index (χ1n) is 4.26. The van der Waals surface area contributed by atoms with Crippen molar-refractivity contribution < 1.29 is 31.6 Å². The van der Waals surface area contributed by atoms with Gasteiger partial charge >= 0.3 is 11.9 Å². The van der Waals surface area contributed by atoms with E-state index < -0.39 is 40.2 Å². The highest BCUT2D eigenvalue weighted by atomic mass is 19.4. The Morgan fingerprint density at radius 2 is 2.00 bits per heavy atom. The molecular weight excluding hydrogens is 267 g/mol. The normalized spacial score (nSPS) is 11.7. The quantitative estimate of drug-likeness (QED) is 0.482. The maximum Gasteiger partial charge on any atom is 0.422 e. The number of ether oxygens (including phenoxy) is 1. The molecule has 18 heavy (non-hydrogen) atoms. The Bertz CT molecular complexity index is 475. The minimum Gasteiger partial charge on any atom is -0.490 e. The highest BCUT2D eigenvalue weighted by molar-refractivity contribution is 5.53. The van der Waals surface area contributed by atoms with Crippen molar-refractivity contribution in [1.29, 1.82) is 0 Å². The molecule has 0 fully saturated rings. The van der Waals surface area contributed by atoms with Gasteiger partial charge in [0, 0.05) is 0 Å². The van der Waals surface area contributed by atoms with Gasteiger partial charge in [0.25, 0.3) is 6.43 Å². The molecule has 1 aromatic heterocycles. The van der Waals surface area contributed by atoms with Gasteiger partial charge in [-0.05, 0) is 0 Å². The Labute approximate surface area is 96.3 Å². The van der Waals surface area contributed by atoms with Gasteiger partial charge in [0.05, 0.1) is 12.0 Å². The SMILES string of the molecule is COc1c([N+](=O)[O-])cnc(C(F)F)c1C(F)(F)F. The third kappa shape index (κ3) is 2.46. The number of pyridine rings is 1. The first kappa shape index (κ1) is 14.1. The Morgan fingerprint density at radius 3 is 2.33 bits per heavy atom. The van der Waals surface area contributed by atoms with Crippen LogP contribution >= 0.6 is 0 Å². The largest absolute Gasteiger partial charge is 0.490 e. The van der Waals surface area contributed by atoms with E-state index in [0.29, 0.717) is 13.3 Å². The summed E-state index contributed by atoms with van der Waals surface area (Å²) in [6.45, 7) is 0. The lowest BCUT2D eigenvalue weighted by atomic mass is 10.1. The van der Waals surface area contributed by atoms with Crippen molar-refractivity contribution in [3.8, 4) is 5.75 Å². The molecule has 0 unspecified atom stereocenters. The molecule has 0 aliphatic heterocycles. The van der Waals surface area contributed by atoms with E-state index in [9.17, 15) is 32.1 Å². The van der Waals surface area contributed by atoms with E-state index >= 15 is 0 Å². The minimum atomic E-state index is -5.24. The summed E-state index contributed by atoms with van der Waals surface area (Å²) in [5.41, 5.74) is -4.67. The molecule has 10 heteroatoms. The Balaban J connectivity index is 3.67. The van der Waals surface area contributed by atoms with Gasteiger partial charge in [0.1, 0.15) is 17.5 Å². The highest BCUT2D eigenvalue weighted by Gasteiger charge is 2.43. The van der Waals surface area contributed by atoms with E-state index in [1.54, 1.807) is 0 Å². The number of nitrogens with zero attached hydrogens (tertiary/aromatic N) is 2. The lowest BCUT2D eigenvalue weighted by molar-refractivity contribution is -0.386. The standard InChI is InChI=1S/C8H5F5N2O3/c1-18-6-3(15(16)17)2-14-5(7(9)10)4(6)8(11,12)13/h2,7H,1H3. The molecule has 0 amide bonds. The molecule has 1 rings (SSSR count). The van der Waals surface area contributed by atoms with Crippen LogP contribution in [-0.4, -0.2) is 17.0 Å². The summed E-state index contributed by atoms with van der Waals surface area (Å²) in [5.74, 6) is -1.28. The number of hydrogen-bond donors (Lipinski definition) is 0. The second-order valence-electron chi connectivity index (χ2n) is 2.99. The number of aromatic nitrogens is 1. The zero-order valence-electron chi connectivity index (χ0n) is 8.66. The van der Waals surface area contributed by atoms with Gasteiger partial charge in [0.15, 0.2) is 0 Å². The van der Waals surface area contributed by atoms with Crippen molar-refractivity contribution in [2.24, 2.45) is 0 Å². The summed E-state index contributed by atoms with van der Waals surface area (Å²) in [7, 11) is 0.715. The van der Waals surface area contributed by atoms with E-state index in [-0.39, 0.29) is 0 Å². The van der Waals surface area contributed by atoms with Gasteiger partial charge in [-0.15, -0.1) is 0 Å². The van der Waals surface area contributed by atoms with E-state index in [1.165, 1.54) is 0 Å². The molecule has 0 bridgehead atoms. The monoisotopic (exact) mass is 272 g/mol. The number of methoxy groups -OCH3 is 1. The molecule has 0 radical (unpaired) electrons. The van der Waals surface area contributed by atoms with Crippen LogP contribution in [-0.2, 0) is 6.18 Å². The Kier molecular flexibility index (Phi) is 3.67. The van der Waals surface area contributed by atoms with Crippen LogP contribution in [0.2, 0.25) is 0 Å². The predicted molar refractivity (Wildman–Crippen MR) is 47.4 cm³/mol. The van der Waals surface area contributed by atoms with E-state index in [2.05, 4.69) is 9.72 Å². The van der Waals surface area contributed by atoms with Gasteiger partial charge in [-0.3, -0.25) is 10.1 Å². The molecule has 0 N–H and O–H groups in total. The fourth-order valence-corrected chi connectivity index (χ4v) is 1.27. The summed E-state index contributed by atoms with van der Waals surface area (Å²) in [4.78, 5) is 12.1. The van der Waals surface area contributed by atoms with Crippen molar-refractivity contribution >= 4 is 5.69 Å². The molecule has 5 nitrogen and oxygen atoms in total. The van der Waals surface area contributed by atoms with Crippen LogP contribution in [0, 0.1) is 10.1 Å². The van der Waals surface area contributed by atoms with Crippen LogP contribution in [0.1, 0.15) is 17.7 Å². The Hall–Kier alpha value is -2.00. The molecule has 0 saturated carbocycles. The van der Waals surface area contributed by atoms with Crippen molar-refractivity contribution in [2.45, 2.75) is 12.6 Å². The molecule has 0 aliphatic carbocycles. The summed E-state index contributed by atoms with van der Waals surface area (Å²) >= 11 is 0. The zero-order valence-corrected chi connectivity index (χ0v) is 8.66. The summed E-state index contributed by atoms with van der Waals surface area (Å²) in [6.07, 6.45) is -8.47. The van der Waals surface area contributed by atoms with Crippen LogP contribution in [0.4, 0.5) is 27.6 Å². The maximum atomic E-state index is 12.6. The fraction of sp³-hybridized carbons (Fsp3) is 0.375. The third-order valence-electron chi connectivity index (χ3n) is 1.93. The second kappa shape index (κ2) is 4.70. The predicted octanol–water partition coefficient (Wildman–Crippen LogP) is 2.95. The number of alkyl halides is 5. The third-order valence-corrected chi connectivity index (χ3v) is 1.93. The summed E-state index contributed by atoms with van der Waals surface area (Å²) < 4.78 is 66.9. The van der Waals surface area contributed by atoms with Crippen LogP contribution in [0.5, 0.6) is 5.75 Å². The van der Waals surface area contributed by atoms with Gasteiger partial charge in [-0.1, -0.05) is 0 Å². The van der Waals surface area contributed by atoms with E-state index in [1.807, 2.05) is 0 Å². The molecular formula is C8H5F5N2O3. The van der Waals surface area contributed by atoms with Crippen molar-refractivity contribution in [3.63, 3.8) is 0 Å². The number of halogens is 5. The smallest absolute Gasteiger partial charge is 0.422 e. The van der Waals surface area contributed by atoms with Crippen LogP contribution in [0.3, 0.4) is 0 Å². The van der Waals surface area contributed by atoms with Crippen molar-refractivity contribution in [1.82, 2.24) is 4.98 Å². The van der Waals surface area contributed by atoms with E-state index in [0.717, 1.165) is 0 Å². The van der Waals surface area contributed by atoms with Crippen LogP contribution in [0.15, 0.2) is 6.20 Å². The van der Waals surface area contributed by atoms with E-state index in [4.69, 9.17) is 0 Å². The van der Waals surface area contributed by atoms with Crippen LogP contribution in [0.25, 0.3) is 0 Å². The molecule has 1 heterocycles. The minimum absolute atomic E-state index is 0.301. The molecule has 0 aliphatic rings. The number of hydrogen-bond acceptors (Lipinski definition) is 4. The van der Waals surface area contributed by atoms with Gasteiger partial charge in [0.2, 0.25) is 5.75 Å². The molecule has 0 saturated heterocycles. The lowest BCUT2D eigenvalue weighted by Gasteiger charge is -2.14. The molecule has 100 valence electrons. The van der Waals surface area contributed by atoms with Crippen LogP contribution < -0.4 is 4.74 Å². The topological polar surface area (TPSA) is 65.3 Å².